The highest BCUT2D eigenvalue weighted by molar-refractivity contribution is 6.42. The fraction of sp³-hybridized carbons (Fsp3) is 0.382. The van der Waals surface area contributed by atoms with Crippen LogP contribution < -0.4 is 20.3 Å². The van der Waals surface area contributed by atoms with Crippen molar-refractivity contribution < 1.29 is 18.3 Å². The van der Waals surface area contributed by atoms with Gasteiger partial charge in [0.1, 0.15) is 6.10 Å². The first-order valence-electron chi connectivity index (χ1n) is 15.4. The number of amides is 1. The molecular weight excluding hydrogens is 641 g/mol. The average molecular weight is 674 g/mol. The molecule has 0 spiro atoms. The van der Waals surface area contributed by atoms with E-state index < -0.39 is 17.4 Å². The zero-order valence-electron chi connectivity index (χ0n) is 24.5. The van der Waals surface area contributed by atoms with Gasteiger partial charge in [-0.25, -0.2) is 8.78 Å². The van der Waals surface area contributed by atoms with Crippen molar-refractivity contribution in [2.45, 2.75) is 56.5 Å². The van der Waals surface area contributed by atoms with Gasteiger partial charge in [-0.05, 0) is 66.3 Å². The number of carbonyl (C=O) groups is 1. The van der Waals surface area contributed by atoms with E-state index in [2.05, 4.69) is 27.7 Å². The Morgan fingerprint density at radius 3 is 2.56 bits per heavy atom. The predicted octanol–water partition coefficient (Wildman–Crippen LogP) is 6.86. The van der Waals surface area contributed by atoms with Crippen LogP contribution in [0.15, 0.2) is 60.2 Å². The van der Waals surface area contributed by atoms with Gasteiger partial charge in [-0.1, -0.05) is 59.1 Å². The normalized spacial score (nSPS) is 23.0. The summed E-state index contributed by atoms with van der Waals surface area (Å²) >= 11 is 18.7. The lowest BCUT2D eigenvalue weighted by Crippen LogP contribution is -2.60. The number of halogens is 5. The molecule has 3 aromatic rings. The molecule has 2 saturated heterocycles. The molecule has 45 heavy (non-hydrogen) atoms. The Labute approximate surface area is 276 Å². The fourth-order valence-electron chi connectivity index (χ4n) is 6.72. The lowest BCUT2D eigenvalue weighted by molar-refractivity contribution is -0.128. The molecule has 3 atom stereocenters. The summed E-state index contributed by atoms with van der Waals surface area (Å²) in [7, 11) is 0. The number of anilines is 1. The highest BCUT2D eigenvalue weighted by atomic mass is 35.5. The van der Waals surface area contributed by atoms with Crippen LogP contribution in [0.1, 0.15) is 36.8 Å². The molecule has 4 aliphatic rings. The Kier molecular flexibility index (Phi) is 8.70. The Morgan fingerprint density at radius 2 is 1.78 bits per heavy atom. The van der Waals surface area contributed by atoms with Crippen LogP contribution in [-0.4, -0.2) is 61.2 Å². The van der Waals surface area contributed by atoms with Crippen molar-refractivity contribution in [1.29, 1.82) is 0 Å². The molecule has 3 heterocycles. The second-order valence-corrected chi connectivity index (χ2v) is 13.4. The highest BCUT2D eigenvalue weighted by Gasteiger charge is 2.41. The van der Waals surface area contributed by atoms with Crippen LogP contribution in [0.4, 0.5) is 14.5 Å². The summed E-state index contributed by atoms with van der Waals surface area (Å²) in [6.07, 6.45) is 2.91. The zero-order chi connectivity index (χ0) is 31.2. The molecule has 2 bridgehead atoms. The Morgan fingerprint density at radius 1 is 0.978 bits per heavy atom. The minimum absolute atomic E-state index is 0.0345. The Balaban J connectivity index is 1.13. The van der Waals surface area contributed by atoms with Crippen LogP contribution in [0.3, 0.4) is 0 Å². The zero-order valence-corrected chi connectivity index (χ0v) is 26.7. The van der Waals surface area contributed by atoms with E-state index in [9.17, 15) is 13.6 Å². The van der Waals surface area contributed by atoms with Crippen LogP contribution in [0, 0.1) is 11.6 Å². The molecule has 236 valence electrons. The van der Waals surface area contributed by atoms with Gasteiger partial charge in [0.15, 0.2) is 17.4 Å². The number of nitrogens with one attached hydrogen (secondary N) is 2. The van der Waals surface area contributed by atoms with E-state index in [-0.39, 0.29) is 35.2 Å². The predicted molar refractivity (Wildman–Crippen MR) is 174 cm³/mol. The number of benzene rings is 3. The van der Waals surface area contributed by atoms with Gasteiger partial charge < -0.3 is 25.2 Å². The first-order chi connectivity index (χ1) is 21.8. The third-order valence-corrected chi connectivity index (χ3v) is 10.3. The summed E-state index contributed by atoms with van der Waals surface area (Å²) < 4.78 is 34.4. The topological polar surface area (TPSA) is 56.8 Å². The molecule has 2 N–H and O–H groups in total. The molecule has 3 fully saturated rings. The van der Waals surface area contributed by atoms with E-state index in [0.29, 0.717) is 42.6 Å². The number of hydrogen-bond acceptors (Lipinski definition) is 5. The smallest absolute Gasteiger partial charge is 0.252 e. The average Bonchev–Trinajstić information content (AvgIpc) is 3.78. The van der Waals surface area contributed by atoms with Crippen molar-refractivity contribution >= 4 is 52.0 Å². The number of nitrogens with zero attached hydrogens (tertiary/aromatic N) is 2. The second-order valence-electron chi connectivity index (χ2n) is 12.2. The number of piperazine rings is 1. The van der Waals surface area contributed by atoms with Crippen molar-refractivity contribution in [1.82, 2.24) is 15.5 Å². The second kappa shape index (κ2) is 12.7. The van der Waals surface area contributed by atoms with Gasteiger partial charge in [0.05, 0.1) is 27.7 Å². The summed E-state index contributed by atoms with van der Waals surface area (Å²) in [5, 5.41) is 7.97. The molecule has 0 radical (unpaired) electrons. The molecule has 0 unspecified atom stereocenters. The van der Waals surface area contributed by atoms with E-state index in [1.54, 1.807) is 6.07 Å². The largest absolute Gasteiger partial charge is 0.482 e. The molecule has 7 rings (SSSR count). The summed E-state index contributed by atoms with van der Waals surface area (Å²) in [4.78, 5) is 18.5. The lowest BCUT2D eigenvalue weighted by atomic mass is 9.83. The van der Waals surface area contributed by atoms with Crippen molar-refractivity contribution in [2.24, 2.45) is 0 Å². The maximum atomic E-state index is 14.4. The molecule has 6 nitrogen and oxygen atoms in total. The molecule has 1 aliphatic carbocycles. The molecular formula is C34H33Cl3F2N4O2. The third kappa shape index (κ3) is 6.28. The van der Waals surface area contributed by atoms with Crippen LogP contribution >= 0.6 is 34.8 Å². The number of rotatable bonds is 8. The maximum Gasteiger partial charge on any atom is 0.252 e. The number of fused-ring (bicyclic) bond motifs is 2. The molecule has 0 aromatic heterocycles. The van der Waals surface area contributed by atoms with Crippen molar-refractivity contribution in [3.8, 4) is 5.75 Å². The van der Waals surface area contributed by atoms with Gasteiger partial charge in [-0.2, -0.15) is 0 Å². The van der Waals surface area contributed by atoms with E-state index >= 15 is 0 Å². The van der Waals surface area contributed by atoms with Gasteiger partial charge in [-0.15, -0.1) is 0 Å². The first-order valence-corrected chi connectivity index (χ1v) is 16.5. The van der Waals surface area contributed by atoms with Gasteiger partial charge in [0.25, 0.3) is 5.91 Å². The highest BCUT2D eigenvalue weighted by Crippen LogP contribution is 2.38. The first kappa shape index (κ1) is 30.8. The lowest BCUT2D eigenvalue weighted by Gasteiger charge is -2.41. The van der Waals surface area contributed by atoms with Gasteiger partial charge in [-0.3, -0.25) is 4.79 Å². The molecule has 11 heteroatoms. The summed E-state index contributed by atoms with van der Waals surface area (Å²) in [5.41, 5.74) is 4.71. The Bertz CT molecular complexity index is 1650. The minimum atomic E-state index is -0.879. The Hall–Kier alpha value is -2.88. The number of hydrogen-bond donors (Lipinski definition) is 2. The van der Waals surface area contributed by atoms with Crippen molar-refractivity contribution in [3.05, 3.63) is 98.0 Å². The van der Waals surface area contributed by atoms with E-state index in [1.165, 1.54) is 6.07 Å². The fourth-order valence-corrected chi connectivity index (χ4v) is 7.24. The summed E-state index contributed by atoms with van der Waals surface area (Å²) in [5.74, 6) is -2.04. The number of carbonyl (C=O) groups excluding carboxylic acids is 1. The minimum Gasteiger partial charge on any atom is -0.482 e. The van der Waals surface area contributed by atoms with Gasteiger partial charge in [0, 0.05) is 55.9 Å². The standard InChI is InChI=1S/C34H33Cl3F2N4O2/c35-26-3-1-2-20(31(26)37)17-43(23-8-9-23)34(44)30-25(14-21-15-40-16-29(30)41-21)19-4-6-22(7-5-19)42-13-12-24(18-42)45-33-28(38)11-10-27(36)32(33)39/h1-7,10-11,21,23-24,29,40-41H,8-9,12-18H2/t21-,24+,29-/m0/s1. The van der Waals surface area contributed by atoms with Crippen LogP contribution in [0.25, 0.3) is 5.57 Å². The van der Waals surface area contributed by atoms with E-state index in [1.807, 2.05) is 29.2 Å². The summed E-state index contributed by atoms with van der Waals surface area (Å²) in [6.45, 7) is 3.09. The maximum absolute atomic E-state index is 14.4. The van der Waals surface area contributed by atoms with Crippen LogP contribution in [-0.2, 0) is 11.3 Å². The molecule has 1 saturated carbocycles. The van der Waals surface area contributed by atoms with E-state index in [0.717, 1.165) is 59.8 Å². The quantitative estimate of drug-likeness (QED) is 0.256. The number of ether oxygens (including phenoxy) is 1. The monoisotopic (exact) mass is 672 g/mol. The molecule has 1 amide bonds. The summed E-state index contributed by atoms with van der Waals surface area (Å²) in [6, 6.07) is 16.4. The van der Waals surface area contributed by atoms with Crippen LogP contribution in [0.5, 0.6) is 5.75 Å². The van der Waals surface area contributed by atoms with Gasteiger partial charge in [0.2, 0.25) is 0 Å². The SMILES string of the molecule is O=C(C1=C(c2ccc(N3CC[C@@H](Oc4c(F)ccc(Cl)c4F)C3)cc2)C[C@H]2CNC[C@@H]1N2)N(Cc1cccc(Cl)c1Cl)C1CC1. The molecule has 3 aromatic carbocycles. The third-order valence-electron chi connectivity index (χ3n) is 9.16. The van der Waals surface area contributed by atoms with Crippen molar-refractivity contribution in [3.63, 3.8) is 0 Å². The van der Waals surface area contributed by atoms with Gasteiger partial charge >= 0.3 is 0 Å². The molecule has 3 aliphatic heterocycles. The van der Waals surface area contributed by atoms with E-state index in [4.69, 9.17) is 39.5 Å². The van der Waals surface area contributed by atoms with Crippen molar-refractivity contribution in [2.75, 3.05) is 31.1 Å². The van der Waals surface area contributed by atoms with Crippen LogP contribution in [0.2, 0.25) is 15.1 Å².